The largest absolute Gasteiger partial charge is 0.310 e. The van der Waals surface area contributed by atoms with E-state index in [1.54, 1.807) is 0 Å². The number of hydrogen-bond donors (Lipinski definition) is 0. The molecular formula is C55H34N2S. The number of benzene rings is 9. The molecule has 0 bridgehead atoms. The van der Waals surface area contributed by atoms with E-state index >= 15 is 0 Å². The number of para-hydroxylation sites is 3. The second-order valence-corrected chi connectivity index (χ2v) is 16.7. The van der Waals surface area contributed by atoms with Crippen LogP contribution in [0.25, 0.3) is 69.9 Å². The molecule has 270 valence electrons. The lowest BCUT2D eigenvalue weighted by molar-refractivity contribution is 0.793. The highest BCUT2D eigenvalue weighted by Gasteiger charge is 2.51. The second kappa shape index (κ2) is 11.9. The van der Waals surface area contributed by atoms with Gasteiger partial charge >= 0.3 is 0 Å². The Bertz CT molecular complexity index is 3360. The van der Waals surface area contributed by atoms with Gasteiger partial charge < -0.3 is 9.47 Å². The normalized spacial score (nSPS) is 13.3. The van der Waals surface area contributed by atoms with Gasteiger partial charge in [-0.3, -0.25) is 0 Å². The molecule has 13 rings (SSSR count). The molecule has 3 heteroatoms. The molecule has 0 atom stereocenters. The van der Waals surface area contributed by atoms with E-state index in [2.05, 4.69) is 216 Å². The maximum atomic E-state index is 2.48. The molecule has 11 aromatic rings. The summed E-state index contributed by atoms with van der Waals surface area (Å²) in [5.41, 5.74) is 17.3. The zero-order chi connectivity index (χ0) is 38.0. The van der Waals surface area contributed by atoms with Crippen LogP contribution in [0.2, 0.25) is 0 Å². The maximum Gasteiger partial charge on any atom is 0.0726 e. The Morgan fingerprint density at radius 2 is 0.828 bits per heavy atom. The predicted octanol–water partition coefficient (Wildman–Crippen LogP) is 15.0. The molecule has 0 saturated carbocycles. The van der Waals surface area contributed by atoms with Gasteiger partial charge in [0.1, 0.15) is 0 Å². The minimum atomic E-state index is -0.402. The van der Waals surface area contributed by atoms with Gasteiger partial charge in [0.2, 0.25) is 0 Å². The first-order valence-corrected chi connectivity index (χ1v) is 20.8. The lowest BCUT2D eigenvalue weighted by atomic mass is 9.70. The van der Waals surface area contributed by atoms with Crippen molar-refractivity contribution >= 4 is 70.4 Å². The fourth-order valence-corrected chi connectivity index (χ4v) is 11.7. The van der Waals surface area contributed by atoms with E-state index in [1.807, 2.05) is 11.3 Å². The first-order chi connectivity index (χ1) is 28.8. The van der Waals surface area contributed by atoms with Gasteiger partial charge in [-0.25, -0.2) is 0 Å². The fraction of sp³-hybridized carbons (Fsp3) is 0.0182. The van der Waals surface area contributed by atoms with E-state index in [0.717, 1.165) is 17.1 Å². The summed E-state index contributed by atoms with van der Waals surface area (Å²) in [6.45, 7) is 0. The highest BCUT2D eigenvalue weighted by molar-refractivity contribution is 7.25. The number of nitrogens with zero attached hydrogens (tertiary/aromatic N) is 2. The van der Waals surface area contributed by atoms with Crippen LogP contribution in [0.1, 0.15) is 22.3 Å². The quantitative estimate of drug-likeness (QED) is 0.174. The van der Waals surface area contributed by atoms with Gasteiger partial charge in [-0.2, -0.15) is 0 Å². The molecule has 2 aliphatic carbocycles. The fourth-order valence-electron chi connectivity index (χ4n) is 10.5. The van der Waals surface area contributed by atoms with Crippen molar-refractivity contribution in [3.63, 3.8) is 0 Å². The van der Waals surface area contributed by atoms with Crippen LogP contribution in [-0.2, 0) is 5.41 Å². The molecule has 0 unspecified atom stereocenters. The van der Waals surface area contributed by atoms with Crippen molar-refractivity contribution < 1.29 is 0 Å². The van der Waals surface area contributed by atoms with Crippen molar-refractivity contribution in [3.05, 3.63) is 229 Å². The van der Waals surface area contributed by atoms with Crippen molar-refractivity contribution in [3.8, 4) is 27.9 Å². The average molecular weight is 755 g/mol. The summed E-state index contributed by atoms with van der Waals surface area (Å²) >= 11 is 1.88. The van der Waals surface area contributed by atoms with E-state index in [9.17, 15) is 0 Å². The van der Waals surface area contributed by atoms with Gasteiger partial charge in [-0.05, 0) is 105 Å². The van der Waals surface area contributed by atoms with Gasteiger partial charge in [0, 0.05) is 53.7 Å². The van der Waals surface area contributed by atoms with Crippen LogP contribution in [0.4, 0.5) is 17.1 Å². The molecule has 2 aromatic heterocycles. The van der Waals surface area contributed by atoms with Gasteiger partial charge in [0.05, 0.1) is 16.4 Å². The van der Waals surface area contributed by atoms with E-state index in [4.69, 9.17) is 0 Å². The molecular weight excluding hydrogens is 721 g/mol. The summed E-state index contributed by atoms with van der Waals surface area (Å²) in [7, 11) is 0. The topological polar surface area (TPSA) is 8.17 Å². The molecule has 1 spiro atoms. The minimum absolute atomic E-state index is 0.402. The average Bonchev–Trinajstić information content (AvgIpc) is 4.00. The van der Waals surface area contributed by atoms with E-state index in [-0.39, 0.29) is 0 Å². The van der Waals surface area contributed by atoms with Crippen LogP contribution in [-0.4, -0.2) is 4.57 Å². The minimum Gasteiger partial charge on any atom is -0.310 e. The second-order valence-electron chi connectivity index (χ2n) is 15.6. The van der Waals surface area contributed by atoms with Crippen molar-refractivity contribution in [2.24, 2.45) is 0 Å². The molecule has 9 aromatic carbocycles. The zero-order valence-corrected chi connectivity index (χ0v) is 32.2. The first kappa shape index (κ1) is 31.9. The number of fused-ring (bicyclic) bond motifs is 16. The van der Waals surface area contributed by atoms with Crippen LogP contribution in [0, 0.1) is 0 Å². The molecule has 2 aliphatic rings. The standard InChI is InChI=1S/C55H34N2S/c1-2-14-35(15-3-1)56(36-26-29-42-41-18-6-11-23-49(41)55(50(42)32-36)47-21-9-4-16-39(47)40-17-5-10-22-48(40)55)37-27-30-45-46-31-28-38(34-54(46)58-53(45)33-37)57-51-24-12-7-19-43(51)44-20-8-13-25-52(44)57/h1-34H. The summed E-state index contributed by atoms with van der Waals surface area (Å²) < 4.78 is 4.97. The van der Waals surface area contributed by atoms with Crippen LogP contribution >= 0.6 is 11.3 Å². The van der Waals surface area contributed by atoms with Crippen LogP contribution in [0.3, 0.4) is 0 Å². The Hall–Kier alpha value is -7.20. The number of aromatic nitrogens is 1. The predicted molar refractivity (Wildman–Crippen MR) is 245 cm³/mol. The molecule has 0 radical (unpaired) electrons. The van der Waals surface area contributed by atoms with Crippen molar-refractivity contribution in [1.82, 2.24) is 4.57 Å². The monoisotopic (exact) mass is 754 g/mol. The summed E-state index contributed by atoms with van der Waals surface area (Å²) in [6.07, 6.45) is 0. The van der Waals surface area contributed by atoms with Crippen molar-refractivity contribution in [2.75, 3.05) is 4.90 Å². The molecule has 0 amide bonds. The van der Waals surface area contributed by atoms with Gasteiger partial charge in [0.25, 0.3) is 0 Å². The molecule has 58 heavy (non-hydrogen) atoms. The molecule has 0 N–H and O–H groups in total. The number of thiophene rings is 1. The third kappa shape index (κ3) is 4.21. The SMILES string of the molecule is c1ccc(N(c2ccc3c(c2)C2(c4ccccc4-c4ccccc42)c2ccccc2-3)c2ccc3c(c2)sc2cc(-n4c5ccccc5c5ccccc54)ccc23)cc1. The number of anilines is 3. The smallest absolute Gasteiger partial charge is 0.0726 e. The summed E-state index contributed by atoms with van der Waals surface area (Å²) in [5, 5.41) is 5.14. The summed E-state index contributed by atoms with van der Waals surface area (Å²) in [6, 6.07) is 76.6. The van der Waals surface area contributed by atoms with Gasteiger partial charge in [-0.15, -0.1) is 11.3 Å². The van der Waals surface area contributed by atoms with Crippen molar-refractivity contribution in [1.29, 1.82) is 0 Å². The first-order valence-electron chi connectivity index (χ1n) is 20.0. The van der Waals surface area contributed by atoms with E-state index < -0.39 is 5.41 Å². The van der Waals surface area contributed by atoms with Crippen LogP contribution < -0.4 is 4.90 Å². The summed E-state index contributed by atoms with van der Waals surface area (Å²) in [4.78, 5) is 2.44. The number of hydrogen-bond acceptors (Lipinski definition) is 2. The molecule has 2 nitrogen and oxygen atoms in total. The van der Waals surface area contributed by atoms with Gasteiger partial charge in [-0.1, -0.05) is 146 Å². The molecule has 0 fully saturated rings. The van der Waals surface area contributed by atoms with Crippen LogP contribution in [0.15, 0.2) is 206 Å². The van der Waals surface area contributed by atoms with Crippen molar-refractivity contribution in [2.45, 2.75) is 5.41 Å². The Morgan fingerprint density at radius 1 is 0.345 bits per heavy atom. The van der Waals surface area contributed by atoms with Crippen LogP contribution in [0.5, 0.6) is 0 Å². The highest BCUT2D eigenvalue weighted by atomic mass is 32.1. The van der Waals surface area contributed by atoms with E-state index in [1.165, 1.54) is 92.2 Å². The number of rotatable bonds is 4. The third-order valence-electron chi connectivity index (χ3n) is 12.8. The maximum absolute atomic E-state index is 2.48. The van der Waals surface area contributed by atoms with Gasteiger partial charge in [0.15, 0.2) is 0 Å². The zero-order valence-electron chi connectivity index (χ0n) is 31.4. The molecule has 2 heterocycles. The Balaban J connectivity index is 0.997. The third-order valence-corrected chi connectivity index (χ3v) is 13.9. The van der Waals surface area contributed by atoms with E-state index in [0.29, 0.717) is 0 Å². The Kier molecular flexibility index (Phi) is 6.56. The molecule has 0 saturated heterocycles. The lowest BCUT2D eigenvalue weighted by Crippen LogP contribution is -2.26. The Labute approximate surface area is 340 Å². The summed E-state index contributed by atoms with van der Waals surface area (Å²) in [5.74, 6) is 0. The Morgan fingerprint density at radius 3 is 1.47 bits per heavy atom. The lowest BCUT2D eigenvalue weighted by Gasteiger charge is -2.32. The molecule has 0 aliphatic heterocycles. The highest BCUT2D eigenvalue weighted by Crippen LogP contribution is 2.63.